The van der Waals surface area contributed by atoms with Crippen LogP contribution in [0.2, 0.25) is 0 Å². The normalized spacial score (nSPS) is 40.1. The summed E-state index contributed by atoms with van der Waals surface area (Å²) in [5, 5.41) is 33.5. The van der Waals surface area contributed by atoms with E-state index in [-0.39, 0.29) is 67.1 Å². The summed E-state index contributed by atoms with van der Waals surface area (Å²) in [6, 6.07) is -1.12. The number of ether oxygens (including phenoxy) is 4. The molecule has 2 saturated heterocycles. The maximum absolute atomic E-state index is 14.3. The molecule has 0 aromatic rings. The lowest BCUT2D eigenvalue weighted by atomic mass is 9.78. The number of Topliss-reactive ketones (excluding diaryl/α,β-unsaturated/α-hetero) is 3. The summed E-state index contributed by atoms with van der Waals surface area (Å²) in [5.74, 6) is -7.36. The van der Waals surface area contributed by atoms with Crippen LogP contribution in [0.5, 0.6) is 0 Å². The molecule has 63 heavy (non-hydrogen) atoms. The van der Waals surface area contributed by atoms with E-state index in [0.29, 0.717) is 63.4 Å². The molecule has 3 fully saturated rings. The van der Waals surface area contributed by atoms with Gasteiger partial charge >= 0.3 is 5.97 Å². The second-order valence-corrected chi connectivity index (χ2v) is 19.3. The molecular weight excluding hydrogens is 807 g/mol. The molecule has 3 N–H and O–H groups in total. The van der Waals surface area contributed by atoms with Gasteiger partial charge in [0, 0.05) is 57.8 Å². The summed E-state index contributed by atoms with van der Waals surface area (Å²) >= 11 is 0. The molecule has 14 unspecified atom stereocenters. The second kappa shape index (κ2) is 24.3. The monoisotopic (exact) mass is 884 g/mol. The zero-order valence-corrected chi connectivity index (χ0v) is 39.3. The largest absolute Gasteiger partial charge is 0.460 e. The van der Waals surface area contributed by atoms with Gasteiger partial charge in [-0.25, -0.2) is 4.79 Å². The Bertz CT molecular complexity index is 1700. The van der Waals surface area contributed by atoms with Crippen LogP contribution in [0.1, 0.15) is 132 Å². The molecule has 4 aliphatic rings. The van der Waals surface area contributed by atoms with Crippen molar-refractivity contribution in [2.45, 2.75) is 180 Å². The number of cyclic esters (lactones) is 1. The highest BCUT2D eigenvalue weighted by molar-refractivity contribution is 6.39. The maximum Gasteiger partial charge on any atom is 0.329 e. The fraction of sp³-hybridized carbons (Fsp3) is 0.740. The minimum absolute atomic E-state index is 0.0725. The van der Waals surface area contributed by atoms with Crippen LogP contribution in [0.15, 0.2) is 47.6 Å². The van der Waals surface area contributed by atoms with Gasteiger partial charge in [-0.2, -0.15) is 0 Å². The number of fused-ring (bicyclic) bond motifs is 3. The molecule has 14 atom stereocenters. The van der Waals surface area contributed by atoms with Gasteiger partial charge in [0.2, 0.25) is 5.79 Å². The molecule has 0 aromatic carbocycles. The van der Waals surface area contributed by atoms with E-state index < -0.39 is 71.8 Å². The molecule has 3 aliphatic heterocycles. The Hall–Kier alpha value is -3.33. The summed E-state index contributed by atoms with van der Waals surface area (Å²) in [7, 11) is 3.15. The zero-order valence-electron chi connectivity index (χ0n) is 39.3. The molecule has 3 heterocycles. The predicted octanol–water partition coefficient (Wildman–Crippen LogP) is 6.56. The number of carbonyl (C=O) groups excluding carboxylic acids is 5. The molecule has 4 rings (SSSR count). The van der Waals surface area contributed by atoms with Gasteiger partial charge in [0.25, 0.3) is 11.7 Å². The van der Waals surface area contributed by atoms with Crippen molar-refractivity contribution < 1.29 is 58.2 Å². The van der Waals surface area contributed by atoms with Crippen molar-refractivity contribution in [2.24, 2.45) is 35.5 Å². The average Bonchev–Trinajstić information content (AvgIpc) is 3.25. The summed E-state index contributed by atoms with van der Waals surface area (Å²) in [5.41, 5.74) is 1.39. The molecule has 354 valence electrons. The first-order chi connectivity index (χ1) is 29.8. The Balaban J connectivity index is 1.67. The summed E-state index contributed by atoms with van der Waals surface area (Å²) < 4.78 is 23.8. The van der Waals surface area contributed by atoms with Gasteiger partial charge in [-0.05, 0) is 107 Å². The van der Waals surface area contributed by atoms with E-state index in [1.165, 1.54) is 4.90 Å². The van der Waals surface area contributed by atoms with E-state index in [0.717, 1.165) is 12.0 Å². The van der Waals surface area contributed by atoms with Crippen LogP contribution in [0, 0.1) is 35.5 Å². The number of nitrogens with zero attached hydrogens (tertiary/aromatic N) is 1. The summed E-state index contributed by atoms with van der Waals surface area (Å²) in [4.78, 5) is 71.1. The molecule has 0 spiro atoms. The minimum Gasteiger partial charge on any atom is -0.460 e. The van der Waals surface area contributed by atoms with Crippen molar-refractivity contribution in [3.05, 3.63) is 47.6 Å². The Morgan fingerprint density at radius 3 is 2.27 bits per heavy atom. The number of aliphatic hydroxyl groups is 3. The van der Waals surface area contributed by atoms with Gasteiger partial charge < -0.3 is 39.2 Å². The number of hydrogen-bond acceptors (Lipinski definition) is 12. The zero-order chi connectivity index (χ0) is 46.6. The molecule has 13 heteroatoms. The van der Waals surface area contributed by atoms with Gasteiger partial charge in [-0.3, -0.25) is 19.2 Å². The number of aliphatic hydroxyl groups excluding tert-OH is 2. The molecule has 1 saturated carbocycles. The van der Waals surface area contributed by atoms with Crippen molar-refractivity contribution in [2.75, 3.05) is 20.8 Å². The van der Waals surface area contributed by atoms with E-state index in [1.54, 1.807) is 41.1 Å². The minimum atomic E-state index is -2.42. The van der Waals surface area contributed by atoms with E-state index >= 15 is 0 Å². The van der Waals surface area contributed by atoms with Crippen molar-refractivity contribution >= 4 is 29.2 Å². The number of carbonyl (C=O) groups is 5. The smallest absolute Gasteiger partial charge is 0.329 e. The number of hydrogen-bond donors (Lipinski definition) is 3. The van der Waals surface area contributed by atoms with Crippen molar-refractivity contribution in [3.8, 4) is 0 Å². The average molecular weight is 884 g/mol. The lowest BCUT2D eigenvalue weighted by molar-refractivity contribution is -0.265. The number of ketones is 3. The third kappa shape index (κ3) is 14.3. The molecule has 1 amide bonds. The molecule has 13 nitrogen and oxygen atoms in total. The summed E-state index contributed by atoms with van der Waals surface area (Å²) in [6.07, 6.45) is 13.0. The predicted molar refractivity (Wildman–Crippen MR) is 239 cm³/mol. The Morgan fingerprint density at radius 1 is 0.841 bits per heavy atom. The molecular formula is C50H77NO12. The number of rotatable bonds is 5. The van der Waals surface area contributed by atoms with Crippen LogP contribution in [0.3, 0.4) is 0 Å². The van der Waals surface area contributed by atoms with Crippen molar-refractivity contribution in [3.63, 3.8) is 0 Å². The summed E-state index contributed by atoms with van der Waals surface area (Å²) in [6.45, 7) is 12.9. The highest BCUT2D eigenvalue weighted by atomic mass is 16.6. The second-order valence-electron chi connectivity index (χ2n) is 19.3. The van der Waals surface area contributed by atoms with Crippen LogP contribution in [-0.2, 0) is 42.9 Å². The highest BCUT2D eigenvalue weighted by Gasteiger charge is 2.53. The molecule has 1 aliphatic carbocycles. The number of esters is 1. The Kier molecular flexibility index (Phi) is 20.1. The number of piperidine rings is 1. The molecule has 0 aromatic heterocycles. The van der Waals surface area contributed by atoms with Crippen LogP contribution < -0.4 is 0 Å². The van der Waals surface area contributed by atoms with Crippen LogP contribution in [0.25, 0.3) is 0 Å². The number of methoxy groups -OCH3 is 2. The first-order valence-corrected chi connectivity index (χ1v) is 23.4. The van der Waals surface area contributed by atoms with Crippen molar-refractivity contribution in [1.82, 2.24) is 4.90 Å². The number of allylic oxidation sites excluding steroid dienone is 6. The van der Waals surface area contributed by atoms with Gasteiger partial charge in [-0.15, -0.1) is 0 Å². The fourth-order valence-corrected chi connectivity index (χ4v) is 9.78. The quantitative estimate of drug-likeness (QED) is 0.154. The third-order valence-corrected chi connectivity index (χ3v) is 14.2. The van der Waals surface area contributed by atoms with Gasteiger partial charge in [0.15, 0.2) is 0 Å². The fourth-order valence-electron chi connectivity index (χ4n) is 9.78. The Morgan fingerprint density at radius 2 is 1.57 bits per heavy atom. The first-order valence-electron chi connectivity index (χ1n) is 23.4. The van der Waals surface area contributed by atoms with Crippen LogP contribution in [0.4, 0.5) is 0 Å². The van der Waals surface area contributed by atoms with Gasteiger partial charge in [0.05, 0.1) is 30.5 Å². The third-order valence-electron chi connectivity index (χ3n) is 14.2. The SMILES string of the molecule is COC1CC2CCC(C)C(O)(O2)C(=O)C(=O)N2CCCCC2C(=O)OC(C(C)CC2CCC(O)C(OC)C2)CC(=O)C(C)/C=C(/C)C(O)CC(=O)C(C)CC(C)\C=C/C=C\C=C/1C. The van der Waals surface area contributed by atoms with Gasteiger partial charge in [-0.1, -0.05) is 71.1 Å². The van der Waals surface area contributed by atoms with Crippen molar-refractivity contribution in [1.29, 1.82) is 0 Å². The number of amides is 1. The van der Waals surface area contributed by atoms with E-state index in [4.69, 9.17) is 18.9 Å². The van der Waals surface area contributed by atoms with E-state index in [9.17, 15) is 39.3 Å². The van der Waals surface area contributed by atoms with Crippen LogP contribution >= 0.6 is 0 Å². The maximum atomic E-state index is 14.3. The van der Waals surface area contributed by atoms with Gasteiger partial charge in [0.1, 0.15) is 23.7 Å². The molecule has 0 radical (unpaired) electrons. The van der Waals surface area contributed by atoms with E-state index in [2.05, 4.69) is 0 Å². The first kappa shape index (κ1) is 52.3. The van der Waals surface area contributed by atoms with E-state index in [1.807, 2.05) is 58.1 Å². The van der Waals surface area contributed by atoms with Crippen LogP contribution in [-0.4, -0.2) is 119 Å². The topological polar surface area (TPSA) is 186 Å². The molecule has 2 bridgehead atoms. The standard InChI is InChI=1S/C50H77NO12/c1-30-15-11-10-12-16-31(2)44(60-8)27-38-20-18-36(7)50(59,63-38)47(56)48(57)51-22-14-13-17-39(51)49(58)62-45(35(6)25-37-19-21-40(52)46(26-37)61-9)29-43(55)34(5)24-33(4)42(54)28-41(53)32(3)23-30/h10-12,15-16,24,30,32,34-40,42,44-46,52,54,59H,13-14,17-23,25-29H2,1-9H3/b12-10-,15-11-,31-16-,33-24-. The Labute approximate surface area is 375 Å². The highest BCUT2D eigenvalue weighted by Crippen LogP contribution is 2.37. The lowest BCUT2D eigenvalue weighted by Gasteiger charge is -2.42. The lowest BCUT2D eigenvalue weighted by Crippen LogP contribution is -2.61.